The van der Waals surface area contributed by atoms with E-state index in [1.165, 1.54) is 18.4 Å². The first-order valence-electron chi connectivity index (χ1n) is 6.17. The van der Waals surface area contributed by atoms with Gasteiger partial charge in [-0.15, -0.1) is 0 Å². The lowest BCUT2D eigenvalue weighted by Gasteiger charge is -2.34. The highest BCUT2D eigenvalue weighted by Gasteiger charge is 2.23. The first kappa shape index (κ1) is 12.5. The van der Waals surface area contributed by atoms with E-state index in [4.69, 9.17) is 18.0 Å². The molecule has 0 aromatic carbocycles. The molecular formula is C12H20N4S. The summed E-state index contributed by atoms with van der Waals surface area (Å²) in [5, 5.41) is 4.18. The van der Waals surface area contributed by atoms with Crippen LogP contribution >= 0.6 is 12.2 Å². The molecule has 1 aliphatic heterocycles. The van der Waals surface area contributed by atoms with Crippen molar-refractivity contribution in [1.82, 2.24) is 14.7 Å². The molecule has 0 aliphatic carbocycles. The molecule has 1 aromatic heterocycles. The van der Waals surface area contributed by atoms with Gasteiger partial charge in [0.25, 0.3) is 0 Å². The fourth-order valence-corrected chi connectivity index (χ4v) is 2.72. The van der Waals surface area contributed by atoms with E-state index in [0.717, 1.165) is 25.9 Å². The first-order chi connectivity index (χ1) is 8.16. The number of hydrogen-bond donors (Lipinski definition) is 1. The molecule has 2 heterocycles. The maximum atomic E-state index is 5.80. The topological polar surface area (TPSA) is 47.1 Å². The highest BCUT2D eigenvalue weighted by Crippen LogP contribution is 2.17. The second-order valence-electron chi connectivity index (χ2n) is 4.72. The predicted octanol–water partition coefficient (Wildman–Crippen LogP) is 1.10. The van der Waals surface area contributed by atoms with E-state index in [1.807, 2.05) is 17.9 Å². The SMILES string of the molecule is Cn1cc(CCN2CCCCC2C(N)=S)cn1. The van der Waals surface area contributed by atoms with Gasteiger partial charge in [0.1, 0.15) is 0 Å². The van der Waals surface area contributed by atoms with Gasteiger partial charge < -0.3 is 5.73 Å². The van der Waals surface area contributed by atoms with E-state index in [2.05, 4.69) is 16.2 Å². The number of aryl methyl sites for hydroxylation is 1. The zero-order chi connectivity index (χ0) is 12.3. The quantitative estimate of drug-likeness (QED) is 0.815. The third kappa shape index (κ3) is 3.26. The second kappa shape index (κ2) is 5.60. The molecule has 1 saturated heterocycles. The van der Waals surface area contributed by atoms with Crippen LogP contribution in [0, 0.1) is 0 Å². The molecular weight excluding hydrogens is 232 g/mol. The van der Waals surface area contributed by atoms with Crippen LogP contribution in [-0.2, 0) is 13.5 Å². The van der Waals surface area contributed by atoms with E-state index < -0.39 is 0 Å². The molecule has 0 saturated carbocycles. The summed E-state index contributed by atoms with van der Waals surface area (Å²) < 4.78 is 1.84. The molecule has 0 radical (unpaired) electrons. The Bertz CT molecular complexity index is 388. The van der Waals surface area contributed by atoms with E-state index in [1.54, 1.807) is 0 Å². The molecule has 5 heteroatoms. The molecule has 2 rings (SSSR count). The van der Waals surface area contributed by atoms with Crippen molar-refractivity contribution >= 4 is 17.2 Å². The number of piperidine rings is 1. The smallest absolute Gasteiger partial charge is 0.0902 e. The molecule has 0 amide bonds. The number of rotatable bonds is 4. The van der Waals surface area contributed by atoms with Gasteiger partial charge in [-0.2, -0.15) is 5.10 Å². The maximum absolute atomic E-state index is 5.80. The van der Waals surface area contributed by atoms with Gasteiger partial charge >= 0.3 is 0 Å². The van der Waals surface area contributed by atoms with Crippen molar-refractivity contribution in [3.05, 3.63) is 18.0 Å². The summed E-state index contributed by atoms with van der Waals surface area (Å²) in [5.74, 6) is 0. The van der Waals surface area contributed by atoms with Crippen molar-refractivity contribution in [3.63, 3.8) is 0 Å². The van der Waals surface area contributed by atoms with E-state index in [-0.39, 0.29) is 0 Å². The number of aromatic nitrogens is 2. The monoisotopic (exact) mass is 252 g/mol. The minimum atomic E-state index is 0.301. The van der Waals surface area contributed by atoms with E-state index >= 15 is 0 Å². The van der Waals surface area contributed by atoms with Crippen LogP contribution in [0.4, 0.5) is 0 Å². The fourth-order valence-electron chi connectivity index (χ4n) is 2.45. The van der Waals surface area contributed by atoms with Gasteiger partial charge in [-0.3, -0.25) is 9.58 Å². The van der Waals surface area contributed by atoms with E-state index in [0.29, 0.717) is 11.0 Å². The molecule has 1 atom stereocenters. The zero-order valence-corrected chi connectivity index (χ0v) is 11.1. The molecule has 94 valence electrons. The van der Waals surface area contributed by atoms with Crippen LogP contribution in [-0.4, -0.2) is 38.8 Å². The third-order valence-corrected chi connectivity index (χ3v) is 3.66. The Hall–Kier alpha value is -0.940. The Labute approximate surface area is 108 Å². The van der Waals surface area contributed by atoms with Crippen LogP contribution in [0.5, 0.6) is 0 Å². The third-order valence-electron chi connectivity index (χ3n) is 3.39. The van der Waals surface area contributed by atoms with Gasteiger partial charge in [-0.05, 0) is 31.4 Å². The summed E-state index contributed by atoms with van der Waals surface area (Å²) in [4.78, 5) is 3.06. The van der Waals surface area contributed by atoms with Gasteiger partial charge in [0, 0.05) is 19.8 Å². The number of nitrogens with two attached hydrogens (primary N) is 1. The summed E-state index contributed by atoms with van der Waals surface area (Å²) in [6, 6.07) is 0.301. The van der Waals surface area contributed by atoms with Crippen LogP contribution in [0.25, 0.3) is 0 Å². The van der Waals surface area contributed by atoms with Gasteiger partial charge in [0.15, 0.2) is 0 Å². The molecule has 1 fully saturated rings. The maximum Gasteiger partial charge on any atom is 0.0902 e. The Balaban J connectivity index is 1.90. The lowest BCUT2D eigenvalue weighted by molar-refractivity contribution is 0.195. The lowest BCUT2D eigenvalue weighted by atomic mass is 10.0. The first-order valence-corrected chi connectivity index (χ1v) is 6.58. The summed E-state index contributed by atoms with van der Waals surface area (Å²) in [6.45, 7) is 2.13. The number of likely N-dealkylation sites (tertiary alicyclic amines) is 1. The molecule has 17 heavy (non-hydrogen) atoms. The Morgan fingerprint density at radius 1 is 1.59 bits per heavy atom. The Kier molecular flexibility index (Phi) is 4.12. The van der Waals surface area contributed by atoms with Gasteiger partial charge in [-0.25, -0.2) is 0 Å². The molecule has 4 nitrogen and oxygen atoms in total. The van der Waals surface area contributed by atoms with Gasteiger partial charge in [-0.1, -0.05) is 18.6 Å². The molecule has 0 spiro atoms. The molecule has 2 N–H and O–H groups in total. The molecule has 1 aromatic rings. The average Bonchev–Trinajstić information content (AvgIpc) is 2.73. The summed E-state index contributed by atoms with van der Waals surface area (Å²) in [7, 11) is 1.95. The van der Waals surface area contributed by atoms with Crippen molar-refractivity contribution in [1.29, 1.82) is 0 Å². The van der Waals surface area contributed by atoms with Crippen LogP contribution < -0.4 is 5.73 Å². The highest BCUT2D eigenvalue weighted by atomic mass is 32.1. The predicted molar refractivity (Wildman–Crippen MR) is 72.9 cm³/mol. The largest absolute Gasteiger partial charge is 0.392 e. The van der Waals surface area contributed by atoms with Crippen LogP contribution in [0.2, 0.25) is 0 Å². The number of hydrogen-bond acceptors (Lipinski definition) is 3. The average molecular weight is 252 g/mol. The molecule has 1 unspecified atom stereocenters. The molecule has 1 aliphatic rings. The zero-order valence-electron chi connectivity index (χ0n) is 10.3. The van der Waals surface area contributed by atoms with Crippen molar-refractivity contribution < 1.29 is 0 Å². The van der Waals surface area contributed by atoms with Crippen molar-refractivity contribution in [3.8, 4) is 0 Å². The van der Waals surface area contributed by atoms with Crippen molar-refractivity contribution in [2.75, 3.05) is 13.1 Å². The van der Waals surface area contributed by atoms with Crippen LogP contribution in [0.1, 0.15) is 24.8 Å². The minimum absolute atomic E-state index is 0.301. The molecule has 0 bridgehead atoms. The normalized spacial score (nSPS) is 21.6. The van der Waals surface area contributed by atoms with Crippen molar-refractivity contribution in [2.45, 2.75) is 31.7 Å². The van der Waals surface area contributed by atoms with Crippen LogP contribution in [0.3, 0.4) is 0 Å². The minimum Gasteiger partial charge on any atom is -0.392 e. The fraction of sp³-hybridized carbons (Fsp3) is 0.667. The van der Waals surface area contributed by atoms with Crippen molar-refractivity contribution in [2.24, 2.45) is 12.8 Å². The summed E-state index contributed by atoms with van der Waals surface area (Å²) in [6.07, 6.45) is 8.63. The van der Waals surface area contributed by atoms with E-state index in [9.17, 15) is 0 Å². The number of thiocarbonyl (C=S) groups is 1. The number of nitrogens with zero attached hydrogens (tertiary/aromatic N) is 3. The highest BCUT2D eigenvalue weighted by molar-refractivity contribution is 7.80. The second-order valence-corrected chi connectivity index (χ2v) is 5.19. The summed E-state index contributed by atoms with van der Waals surface area (Å²) in [5.41, 5.74) is 7.08. The Morgan fingerprint density at radius 2 is 2.41 bits per heavy atom. The van der Waals surface area contributed by atoms with Crippen LogP contribution in [0.15, 0.2) is 12.4 Å². The Morgan fingerprint density at radius 3 is 3.06 bits per heavy atom. The summed E-state index contributed by atoms with van der Waals surface area (Å²) >= 11 is 5.15. The van der Waals surface area contributed by atoms with Gasteiger partial charge in [0.05, 0.1) is 17.2 Å². The van der Waals surface area contributed by atoms with Gasteiger partial charge in [0.2, 0.25) is 0 Å². The lowest BCUT2D eigenvalue weighted by Crippen LogP contribution is -2.47. The standard InChI is InChI=1S/C12H20N4S/c1-15-9-10(8-14-15)5-7-16-6-3-2-4-11(16)12(13)17/h8-9,11H,2-7H2,1H3,(H2,13,17).